The molecule has 0 amide bonds. The summed E-state index contributed by atoms with van der Waals surface area (Å²) in [5, 5.41) is 0. The molecule has 0 saturated heterocycles. The number of hydrogen-bond acceptors (Lipinski definition) is 0. The molecule has 0 aromatic heterocycles. The Kier molecular flexibility index (Phi) is 4.72. The average molecular weight is 168 g/mol. The first-order valence-corrected chi connectivity index (χ1v) is 5.83. The van der Waals surface area contributed by atoms with E-state index in [2.05, 4.69) is 13.8 Å². The first kappa shape index (κ1) is 10.1. The van der Waals surface area contributed by atoms with Gasteiger partial charge in [-0.25, -0.2) is 0 Å². The molecule has 1 aliphatic carbocycles. The molecule has 12 heavy (non-hydrogen) atoms. The van der Waals surface area contributed by atoms with Crippen molar-refractivity contribution in [3.05, 3.63) is 0 Å². The van der Waals surface area contributed by atoms with Crippen LogP contribution in [0.25, 0.3) is 0 Å². The van der Waals surface area contributed by atoms with Crippen LogP contribution in [-0.4, -0.2) is 0 Å². The summed E-state index contributed by atoms with van der Waals surface area (Å²) >= 11 is 0. The van der Waals surface area contributed by atoms with Crippen molar-refractivity contribution < 1.29 is 0 Å². The van der Waals surface area contributed by atoms with E-state index in [1.165, 1.54) is 51.4 Å². The van der Waals surface area contributed by atoms with E-state index < -0.39 is 0 Å². The fraction of sp³-hybridized carbons (Fsp3) is 1.00. The summed E-state index contributed by atoms with van der Waals surface area (Å²) in [6, 6.07) is 0. The Labute approximate surface area is 77.7 Å². The molecule has 0 aliphatic heterocycles. The highest BCUT2D eigenvalue weighted by atomic mass is 14.2. The first-order valence-electron chi connectivity index (χ1n) is 5.83. The zero-order chi connectivity index (χ0) is 8.81. The van der Waals surface area contributed by atoms with E-state index in [-0.39, 0.29) is 0 Å². The molecule has 0 spiro atoms. The minimum atomic E-state index is 0.994. The van der Waals surface area contributed by atoms with Crippen LogP contribution in [0.3, 0.4) is 0 Å². The predicted molar refractivity (Wildman–Crippen MR) is 55.3 cm³/mol. The van der Waals surface area contributed by atoms with Gasteiger partial charge in [0.05, 0.1) is 0 Å². The van der Waals surface area contributed by atoms with Crippen LogP contribution in [0, 0.1) is 11.8 Å². The van der Waals surface area contributed by atoms with Crippen LogP contribution < -0.4 is 0 Å². The van der Waals surface area contributed by atoms with Gasteiger partial charge in [0, 0.05) is 0 Å². The smallest absolute Gasteiger partial charge is 0.0412 e. The van der Waals surface area contributed by atoms with Crippen LogP contribution in [0.4, 0.5) is 0 Å². The standard InChI is InChI=1S/C12H24/c1-3-4-7-11(2)10-12-8-5-6-9-12/h11-12H,3-10H2,1-2H3/t11-/m0/s1. The SMILES string of the molecule is CCCC[C@H](C)CC1CCCC1. The van der Waals surface area contributed by atoms with Gasteiger partial charge in [0.2, 0.25) is 0 Å². The monoisotopic (exact) mass is 168 g/mol. The zero-order valence-electron chi connectivity index (χ0n) is 8.81. The quantitative estimate of drug-likeness (QED) is 0.571. The maximum atomic E-state index is 2.44. The molecule has 0 aromatic rings. The van der Waals surface area contributed by atoms with E-state index in [0.29, 0.717) is 0 Å². The normalized spacial score (nSPS) is 21.5. The minimum Gasteiger partial charge on any atom is -0.0654 e. The van der Waals surface area contributed by atoms with Gasteiger partial charge >= 0.3 is 0 Å². The molecule has 0 unspecified atom stereocenters. The Morgan fingerprint density at radius 2 is 1.92 bits per heavy atom. The van der Waals surface area contributed by atoms with E-state index in [1.807, 2.05) is 0 Å². The Hall–Kier alpha value is 0. The van der Waals surface area contributed by atoms with Gasteiger partial charge < -0.3 is 0 Å². The molecule has 1 rings (SSSR count). The third-order valence-electron chi connectivity index (χ3n) is 3.26. The maximum absolute atomic E-state index is 2.44. The summed E-state index contributed by atoms with van der Waals surface area (Å²) in [6.07, 6.45) is 11.8. The Morgan fingerprint density at radius 1 is 1.25 bits per heavy atom. The van der Waals surface area contributed by atoms with Crippen molar-refractivity contribution in [3.63, 3.8) is 0 Å². The highest BCUT2D eigenvalue weighted by Crippen LogP contribution is 2.31. The highest BCUT2D eigenvalue weighted by Gasteiger charge is 2.17. The summed E-state index contributed by atoms with van der Waals surface area (Å²) in [6.45, 7) is 4.73. The van der Waals surface area contributed by atoms with Crippen molar-refractivity contribution >= 4 is 0 Å². The minimum absolute atomic E-state index is 0.994. The van der Waals surface area contributed by atoms with Crippen molar-refractivity contribution in [2.75, 3.05) is 0 Å². The van der Waals surface area contributed by atoms with Crippen LogP contribution in [0.2, 0.25) is 0 Å². The summed E-state index contributed by atoms with van der Waals surface area (Å²) < 4.78 is 0. The summed E-state index contributed by atoms with van der Waals surface area (Å²) in [7, 11) is 0. The molecule has 1 atom stereocenters. The van der Waals surface area contributed by atoms with Gasteiger partial charge in [0.25, 0.3) is 0 Å². The molecule has 72 valence electrons. The lowest BCUT2D eigenvalue weighted by Crippen LogP contribution is -2.02. The molecule has 0 N–H and O–H groups in total. The molecular formula is C12H24. The van der Waals surface area contributed by atoms with Gasteiger partial charge in [0.1, 0.15) is 0 Å². The van der Waals surface area contributed by atoms with Gasteiger partial charge in [0.15, 0.2) is 0 Å². The number of rotatable bonds is 5. The molecule has 0 heteroatoms. The third-order valence-corrected chi connectivity index (χ3v) is 3.26. The first-order chi connectivity index (χ1) is 5.83. The topological polar surface area (TPSA) is 0 Å². The highest BCUT2D eigenvalue weighted by molar-refractivity contribution is 4.69. The maximum Gasteiger partial charge on any atom is -0.0412 e. The van der Waals surface area contributed by atoms with E-state index in [1.54, 1.807) is 0 Å². The Balaban J connectivity index is 2.03. The summed E-state index contributed by atoms with van der Waals surface area (Å²) in [5.74, 6) is 2.09. The van der Waals surface area contributed by atoms with Gasteiger partial charge in [-0.1, -0.05) is 58.8 Å². The second kappa shape index (κ2) is 5.61. The van der Waals surface area contributed by atoms with Crippen LogP contribution in [0.1, 0.15) is 65.2 Å². The van der Waals surface area contributed by atoms with Crippen LogP contribution >= 0.6 is 0 Å². The zero-order valence-corrected chi connectivity index (χ0v) is 8.81. The van der Waals surface area contributed by atoms with Crippen molar-refractivity contribution in [1.82, 2.24) is 0 Å². The second-order valence-corrected chi connectivity index (χ2v) is 4.63. The number of unbranched alkanes of at least 4 members (excludes halogenated alkanes) is 1. The second-order valence-electron chi connectivity index (χ2n) is 4.63. The van der Waals surface area contributed by atoms with Crippen molar-refractivity contribution in [2.45, 2.75) is 65.2 Å². The lowest BCUT2D eigenvalue weighted by atomic mass is 9.91. The molecule has 0 heterocycles. The molecule has 1 fully saturated rings. The van der Waals surface area contributed by atoms with Gasteiger partial charge in [-0.2, -0.15) is 0 Å². The Bertz CT molecular complexity index is 101. The van der Waals surface area contributed by atoms with E-state index >= 15 is 0 Å². The Morgan fingerprint density at radius 3 is 2.50 bits per heavy atom. The van der Waals surface area contributed by atoms with E-state index in [9.17, 15) is 0 Å². The van der Waals surface area contributed by atoms with Gasteiger partial charge in [-0.3, -0.25) is 0 Å². The van der Waals surface area contributed by atoms with Crippen molar-refractivity contribution in [2.24, 2.45) is 11.8 Å². The van der Waals surface area contributed by atoms with Crippen LogP contribution in [-0.2, 0) is 0 Å². The average Bonchev–Trinajstić information content (AvgIpc) is 2.53. The molecule has 0 bridgehead atoms. The van der Waals surface area contributed by atoms with Gasteiger partial charge in [-0.15, -0.1) is 0 Å². The van der Waals surface area contributed by atoms with E-state index in [4.69, 9.17) is 0 Å². The molecule has 0 radical (unpaired) electrons. The molecule has 0 nitrogen and oxygen atoms in total. The fourth-order valence-electron chi connectivity index (χ4n) is 2.49. The third kappa shape index (κ3) is 3.60. The van der Waals surface area contributed by atoms with E-state index in [0.717, 1.165) is 11.8 Å². The molecule has 1 aliphatic rings. The summed E-state index contributed by atoms with van der Waals surface area (Å²) in [5.41, 5.74) is 0. The molecule has 1 saturated carbocycles. The van der Waals surface area contributed by atoms with Crippen LogP contribution in [0.5, 0.6) is 0 Å². The van der Waals surface area contributed by atoms with Crippen molar-refractivity contribution in [3.8, 4) is 0 Å². The number of hydrogen-bond donors (Lipinski definition) is 0. The van der Waals surface area contributed by atoms with Gasteiger partial charge in [-0.05, 0) is 18.3 Å². The van der Waals surface area contributed by atoms with Crippen LogP contribution in [0.15, 0.2) is 0 Å². The summed E-state index contributed by atoms with van der Waals surface area (Å²) in [4.78, 5) is 0. The predicted octanol–water partition coefficient (Wildman–Crippen LogP) is 4.39. The lowest BCUT2D eigenvalue weighted by Gasteiger charge is -2.15. The van der Waals surface area contributed by atoms with Crippen molar-refractivity contribution in [1.29, 1.82) is 0 Å². The lowest BCUT2D eigenvalue weighted by molar-refractivity contribution is 0.372. The molecule has 0 aromatic carbocycles. The fourth-order valence-corrected chi connectivity index (χ4v) is 2.49. The molecular weight excluding hydrogens is 144 g/mol. The largest absolute Gasteiger partial charge is 0.0654 e.